The number of H-pyrrole nitrogens is 2. The highest BCUT2D eigenvalue weighted by molar-refractivity contribution is 5.81. The molecule has 0 aliphatic carbocycles. The predicted molar refractivity (Wildman–Crippen MR) is 112 cm³/mol. The molecule has 2 amide bonds. The van der Waals surface area contributed by atoms with Gasteiger partial charge in [-0.2, -0.15) is 0 Å². The Kier molecular flexibility index (Phi) is 11.6. The number of nitrogens with zero attached hydrogens (tertiary/aromatic N) is 2. The van der Waals surface area contributed by atoms with E-state index in [0.717, 1.165) is 39.3 Å². The van der Waals surface area contributed by atoms with Gasteiger partial charge in [0.15, 0.2) is 0 Å². The number of aliphatic hydroxyl groups excluding tert-OH is 1. The number of carbonyl (C=O) groups excluding carboxylic acids is 2. The van der Waals surface area contributed by atoms with E-state index in [1.807, 2.05) is 4.90 Å². The van der Waals surface area contributed by atoms with Crippen molar-refractivity contribution in [2.24, 2.45) is 5.73 Å². The van der Waals surface area contributed by atoms with Crippen molar-refractivity contribution in [3.63, 3.8) is 0 Å². The summed E-state index contributed by atoms with van der Waals surface area (Å²) in [5, 5.41) is 15.0. The standard InChI is InChI=1S/C7H15N3O2.C6H12N2O.C5H6N2O2/c8-6(5-11)7(12)10-3-1-9-2-4-10;1-6(9)8-4-2-7-3-5-8;1-3-2-6-5(9)7-4(3)8/h6,9,11H,1-5,8H2;7H,2-5H2,1H3;2H,1H3,(H2,6,7,8,9)/t6-;;/m0../s1. The van der Waals surface area contributed by atoms with Crippen molar-refractivity contribution >= 4 is 11.8 Å². The van der Waals surface area contributed by atoms with E-state index in [4.69, 9.17) is 10.8 Å². The van der Waals surface area contributed by atoms with Crippen molar-refractivity contribution in [3.8, 4) is 0 Å². The second kappa shape index (κ2) is 13.6. The van der Waals surface area contributed by atoms with Gasteiger partial charge >= 0.3 is 5.69 Å². The van der Waals surface area contributed by atoms with Crippen molar-refractivity contribution in [1.82, 2.24) is 30.4 Å². The highest BCUT2D eigenvalue weighted by Crippen LogP contribution is 1.95. The van der Waals surface area contributed by atoms with Gasteiger partial charge in [-0.3, -0.25) is 19.4 Å². The Balaban J connectivity index is 0.000000229. The van der Waals surface area contributed by atoms with Crippen molar-refractivity contribution in [1.29, 1.82) is 0 Å². The molecule has 0 radical (unpaired) electrons. The lowest BCUT2D eigenvalue weighted by Crippen LogP contribution is -2.52. The topological polar surface area (TPSA) is 177 Å². The maximum atomic E-state index is 11.3. The predicted octanol–water partition coefficient (Wildman–Crippen LogP) is -3.45. The first kappa shape index (κ1) is 25.5. The number of hydrogen-bond acceptors (Lipinski definition) is 8. The molecule has 1 atom stereocenters. The van der Waals surface area contributed by atoms with Crippen LogP contribution in [0.2, 0.25) is 0 Å². The van der Waals surface area contributed by atoms with Crippen LogP contribution < -0.4 is 27.6 Å². The maximum absolute atomic E-state index is 11.3. The molecule has 3 rings (SSSR count). The van der Waals surface area contributed by atoms with Gasteiger partial charge in [-0.05, 0) is 6.92 Å². The molecule has 1 aromatic heterocycles. The van der Waals surface area contributed by atoms with Crippen LogP contribution in [-0.2, 0) is 9.59 Å². The first-order chi connectivity index (χ1) is 14.3. The van der Waals surface area contributed by atoms with E-state index in [1.165, 1.54) is 6.20 Å². The molecule has 7 N–H and O–H groups in total. The molecule has 2 saturated heterocycles. The first-order valence-corrected chi connectivity index (χ1v) is 9.87. The number of aliphatic hydroxyl groups is 1. The van der Waals surface area contributed by atoms with Crippen molar-refractivity contribution in [2.45, 2.75) is 19.9 Å². The number of carbonyl (C=O) groups is 2. The van der Waals surface area contributed by atoms with E-state index >= 15 is 0 Å². The van der Waals surface area contributed by atoms with Gasteiger partial charge in [-0.1, -0.05) is 0 Å². The van der Waals surface area contributed by atoms with Crippen molar-refractivity contribution in [2.75, 3.05) is 59.0 Å². The van der Waals surface area contributed by atoms with E-state index < -0.39 is 11.7 Å². The summed E-state index contributed by atoms with van der Waals surface area (Å²) in [7, 11) is 0. The van der Waals surface area contributed by atoms with Crippen LogP contribution >= 0.6 is 0 Å². The summed E-state index contributed by atoms with van der Waals surface area (Å²) in [6, 6.07) is -0.747. The van der Waals surface area contributed by atoms with Crippen LogP contribution in [0.25, 0.3) is 0 Å². The van der Waals surface area contributed by atoms with E-state index in [9.17, 15) is 19.2 Å². The molecule has 3 heterocycles. The fourth-order valence-corrected chi connectivity index (χ4v) is 2.65. The monoisotopic (exact) mass is 427 g/mol. The molecular weight excluding hydrogens is 394 g/mol. The summed E-state index contributed by atoms with van der Waals surface area (Å²) in [5.74, 6) is 0.0375. The van der Waals surface area contributed by atoms with Crippen LogP contribution in [-0.4, -0.2) is 102 Å². The van der Waals surface area contributed by atoms with Crippen LogP contribution in [0, 0.1) is 6.92 Å². The van der Waals surface area contributed by atoms with Gasteiger partial charge in [0, 0.05) is 71.0 Å². The number of rotatable bonds is 2. The van der Waals surface area contributed by atoms with Gasteiger partial charge < -0.3 is 36.3 Å². The molecule has 2 aliphatic heterocycles. The second-order valence-corrected chi connectivity index (χ2v) is 6.88. The van der Waals surface area contributed by atoms with Gasteiger partial charge in [-0.25, -0.2) is 4.79 Å². The van der Waals surface area contributed by atoms with Gasteiger partial charge in [0.05, 0.1) is 6.61 Å². The molecule has 2 aliphatic rings. The second-order valence-electron chi connectivity index (χ2n) is 6.88. The van der Waals surface area contributed by atoms with E-state index in [0.29, 0.717) is 18.7 Å². The summed E-state index contributed by atoms with van der Waals surface area (Å²) >= 11 is 0. The zero-order valence-electron chi connectivity index (χ0n) is 17.6. The Morgan fingerprint density at radius 1 is 1.07 bits per heavy atom. The van der Waals surface area contributed by atoms with E-state index in [1.54, 1.807) is 18.7 Å². The largest absolute Gasteiger partial charge is 0.394 e. The third kappa shape index (κ3) is 9.31. The summed E-state index contributed by atoms with van der Waals surface area (Å²) < 4.78 is 0. The molecular formula is C18H33N7O5. The number of amides is 2. The Morgan fingerprint density at radius 2 is 1.57 bits per heavy atom. The number of nitrogens with one attached hydrogen (secondary N) is 4. The van der Waals surface area contributed by atoms with Crippen LogP contribution in [0.15, 0.2) is 15.8 Å². The van der Waals surface area contributed by atoms with E-state index in [2.05, 4.69) is 20.6 Å². The normalized spacial score (nSPS) is 17.1. The third-order valence-corrected chi connectivity index (χ3v) is 4.51. The maximum Gasteiger partial charge on any atom is 0.325 e. The lowest BCUT2D eigenvalue weighted by molar-refractivity contribution is -0.134. The zero-order chi connectivity index (χ0) is 22.5. The Morgan fingerprint density at radius 3 is 1.93 bits per heavy atom. The van der Waals surface area contributed by atoms with Gasteiger partial charge in [0.25, 0.3) is 5.56 Å². The molecule has 0 saturated carbocycles. The van der Waals surface area contributed by atoms with Crippen LogP contribution in [0.4, 0.5) is 0 Å². The summed E-state index contributed by atoms with van der Waals surface area (Å²) in [4.78, 5) is 50.9. The van der Waals surface area contributed by atoms with Crippen molar-refractivity contribution in [3.05, 3.63) is 32.6 Å². The zero-order valence-corrected chi connectivity index (χ0v) is 17.6. The minimum Gasteiger partial charge on any atom is -0.394 e. The lowest BCUT2D eigenvalue weighted by atomic mass is 10.2. The number of nitrogens with two attached hydrogens (primary N) is 1. The first-order valence-electron chi connectivity index (χ1n) is 9.87. The van der Waals surface area contributed by atoms with Crippen molar-refractivity contribution < 1.29 is 14.7 Å². The highest BCUT2D eigenvalue weighted by Gasteiger charge is 2.21. The summed E-state index contributed by atoms with van der Waals surface area (Å²) in [6.07, 6.45) is 1.38. The van der Waals surface area contributed by atoms with E-state index in [-0.39, 0.29) is 24.0 Å². The average Bonchev–Trinajstić information content (AvgIpc) is 2.77. The molecule has 1 aromatic rings. The average molecular weight is 428 g/mol. The number of piperazine rings is 2. The van der Waals surface area contributed by atoms with Gasteiger partial charge in [0.1, 0.15) is 6.04 Å². The quantitative estimate of drug-likeness (QED) is 0.282. The molecule has 0 bridgehead atoms. The smallest absolute Gasteiger partial charge is 0.325 e. The summed E-state index contributed by atoms with van der Waals surface area (Å²) in [6.45, 7) is 9.58. The minimum absolute atomic E-state index is 0.154. The van der Waals surface area contributed by atoms with Crippen LogP contribution in [0.3, 0.4) is 0 Å². The molecule has 0 aromatic carbocycles. The highest BCUT2D eigenvalue weighted by atomic mass is 16.3. The lowest BCUT2D eigenvalue weighted by Gasteiger charge is -2.29. The molecule has 0 unspecified atom stereocenters. The Hall–Kier alpha value is -2.54. The SMILES string of the molecule is CC(=O)N1CCNCC1.Cc1c[nH]c(=O)[nH]c1=O.N[C@@H](CO)C(=O)N1CCNCC1. The third-order valence-electron chi connectivity index (χ3n) is 4.51. The molecule has 12 nitrogen and oxygen atoms in total. The summed E-state index contributed by atoms with van der Waals surface area (Å²) in [5.41, 5.74) is 5.09. The number of aromatic nitrogens is 2. The molecule has 2 fully saturated rings. The fourth-order valence-electron chi connectivity index (χ4n) is 2.65. The Labute approximate surface area is 174 Å². The van der Waals surface area contributed by atoms with Gasteiger partial charge in [0.2, 0.25) is 11.8 Å². The number of hydrogen-bond donors (Lipinski definition) is 6. The molecule has 170 valence electrons. The molecule has 30 heavy (non-hydrogen) atoms. The van der Waals surface area contributed by atoms with Crippen LogP contribution in [0.1, 0.15) is 12.5 Å². The fraction of sp³-hybridized carbons (Fsp3) is 0.667. The Bertz CT molecular complexity index is 767. The minimum atomic E-state index is -0.747. The number of aromatic amines is 2. The number of aryl methyl sites for hydroxylation is 1. The van der Waals surface area contributed by atoms with Crippen LogP contribution in [0.5, 0.6) is 0 Å². The molecule has 0 spiro atoms. The van der Waals surface area contributed by atoms with Gasteiger partial charge in [-0.15, -0.1) is 0 Å². The molecule has 12 heteroatoms.